The van der Waals surface area contributed by atoms with Crippen LogP contribution >= 0.6 is 11.3 Å². The Bertz CT molecular complexity index is 877. The van der Waals surface area contributed by atoms with Gasteiger partial charge in [-0.25, -0.2) is 0 Å². The third-order valence-electron chi connectivity index (χ3n) is 6.08. The second kappa shape index (κ2) is 8.57. The van der Waals surface area contributed by atoms with Crippen molar-refractivity contribution in [3.8, 4) is 5.75 Å². The number of methoxy groups -OCH3 is 1. The molecule has 2 amide bonds. The number of thiophene rings is 1. The molecule has 2 aliphatic rings. The summed E-state index contributed by atoms with van der Waals surface area (Å²) in [7, 11) is 1.64. The Labute approximate surface area is 176 Å². The summed E-state index contributed by atoms with van der Waals surface area (Å²) in [6.07, 6.45) is 3.17. The van der Waals surface area contributed by atoms with E-state index in [1.54, 1.807) is 18.4 Å². The van der Waals surface area contributed by atoms with Gasteiger partial charge in [0.25, 0.3) is 0 Å². The highest BCUT2D eigenvalue weighted by Crippen LogP contribution is 2.40. The van der Waals surface area contributed by atoms with Gasteiger partial charge in [0.15, 0.2) is 0 Å². The van der Waals surface area contributed by atoms with E-state index in [4.69, 9.17) is 4.74 Å². The zero-order valence-corrected chi connectivity index (χ0v) is 17.9. The summed E-state index contributed by atoms with van der Waals surface area (Å²) < 4.78 is 5.29. The first kappa shape index (κ1) is 20.0. The molecule has 6 heteroatoms. The van der Waals surface area contributed by atoms with E-state index in [1.807, 2.05) is 34.1 Å². The van der Waals surface area contributed by atoms with Gasteiger partial charge in [0.05, 0.1) is 19.1 Å². The number of ether oxygens (including phenoxy) is 1. The molecule has 0 saturated carbocycles. The summed E-state index contributed by atoms with van der Waals surface area (Å²) in [4.78, 5) is 31.7. The number of carbonyl (C=O) groups is 2. The average Bonchev–Trinajstić information content (AvgIpc) is 3.35. The van der Waals surface area contributed by atoms with E-state index in [9.17, 15) is 9.59 Å². The first-order valence-electron chi connectivity index (χ1n) is 10.4. The van der Waals surface area contributed by atoms with Crippen molar-refractivity contribution >= 4 is 23.2 Å². The molecular formula is C23H28N2O3S. The normalized spacial score (nSPS) is 21.4. The molecule has 154 valence electrons. The van der Waals surface area contributed by atoms with Gasteiger partial charge >= 0.3 is 0 Å². The Morgan fingerprint density at radius 1 is 1.24 bits per heavy atom. The molecule has 1 aromatic heterocycles. The quantitative estimate of drug-likeness (QED) is 0.720. The molecule has 3 heterocycles. The van der Waals surface area contributed by atoms with Crippen molar-refractivity contribution in [1.29, 1.82) is 0 Å². The Morgan fingerprint density at radius 3 is 2.76 bits per heavy atom. The third kappa shape index (κ3) is 3.90. The van der Waals surface area contributed by atoms with Crippen LogP contribution in [0.5, 0.6) is 5.75 Å². The highest BCUT2D eigenvalue weighted by molar-refractivity contribution is 7.10. The fourth-order valence-corrected chi connectivity index (χ4v) is 5.38. The van der Waals surface area contributed by atoms with Crippen LogP contribution in [0.3, 0.4) is 0 Å². The minimum atomic E-state index is -0.326. The van der Waals surface area contributed by atoms with Crippen LogP contribution in [-0.2, 0) is 22.6 Å². The van der Waals surface area contributed by atoms with E-state index in [2.05, 4.69) is 18.4 Å². The Morgan fingerprint density at radius 2 is 2.03 bits per heavy atom. The molecule has 2 unspecified atom stereocenters. The molecule has 2 aromatic rings. The van der Waals surface area contributed by atoms with Crippen LogP contribution < -0.4 is 4.74 Å². The summed E-state index contributed by atoms with van der Waals surface area (Å²) in [5.74, 6) is 0.649. The van der Waals surface area contributed by atoms with Crippen molar-refractivity contribution in [3.63, 3.8) is 0 Å². The molecule has 0 aliphatic carbocycles. The van der Waals surface area contributed by atoms with E-state index in [0.29, 0.717) is 19.5 Å². The number of nitrogens with zero attached hydrogens (tertiary/aromatic N) is 2. The Balaban J connectivity index is 1.61. The number of fused-ring (bicyclic) bond motifs is 1. The molecule has 1 aromatic carbocycles. The molecule has 0 bridgehead atoms. The topological polar surface area (TPSA) is 49.9 Å². The van der Waals surface area contributed by atoms with Gasteiger partial charge < -0.3 is 14.5 Å². The molecule has 1 saturated heterocycles. The Hall–Kier alpha value is -2.34. The van der Waals surface area contributed by atoms with Gasteiger partial charge in [-0.3, -0.25) is 9.59 Å². The number of likely N-dealkylation sites (tertiary alicyclic amines) is 1. The van der Waals surface area contributed by atoms with Gasteiger partial charge in [-0.15, -0.1) is 11.3 Å². The summed E-state index contributed by atoms with van der Waals surface area (Å²) in [6, 6.07) is 9.74. The lowest BCUT2D eigenvalue weighted by molar-refractivity contribution is -0.137. The first-order chi connectivity index (χ1) is 14.1. The van der Waals surface area contributed by atoms with Crippen molar-refractivity contribution in [1.82, 2.24) is 9.80 Å². The summed E-state index contributed by atoms with van der Waals surface area (Å²) in [6.45, 7) is 4.22. The third-order valence-corrected chi connectivity index (χ3v) is 7.10. The molecular weight excluding hydrogens is 384 g/mol. The summed E-state index contributed by atoms with van der Waals surface area (Å²) in [5.41, 5.74) is 2.27. The molecule has 0 spiro atoms. The van der Waals surface area contributed by atoms with Gasteiger partial charge in [-0.1, -0.05) is 25.5 Å². The molecule has 2 atom stereocenters. The fraction of sp³-hybridized carbons (Fsp3) is 0.478. The summed E-state index contributed by atoms with van der Waals surface area (Å²) >= 11 is 1.77. The minimum absolute atomic E-state index is 0.0887. The average molecular weight is 413 g/mol. The van der Waals surface area contributed by atoms with Crippen molar-refractivity contribution in [2.24, 2.45) is 5.92 Å². The number of carbonyl (C=O) groups excluding carboxylic acids is 2. The monoisotopic (exact) mass is 412 g/mol. The molecule has 0 N–H and O–H groups in total. The first-order valence-corrected chi connectivity index (χ1v) is 11.3. The number of rotatable bonds is 6. The lowest BCUT2D eigenvalue weighted by atomic mass is 9.91. The van der Waals surface area contributed by atoms with Gasteiger partial charge in [0, 0.05) is 30.9 Å². The van der Waals surface area contributed by atoms with E-state index in [-0.39, 0.29) is 23.8 Å². The second-order valence-corrected chi connectivity index (χ2v) is 8.85. The smallest absolute Gasteiger partial charge is 0.228 e. The molecule has 0 radical (unpaired) electrons. The zero-order valence-electron chi connectivity index (χ0n) is 17.1. The zero-order chi connectivity index (χ0) is 20.4. The van der Waals surface area contributed by atoms with Crippen LogP contribution in [0.25, 0.3) is 0 Å². The SMILES string of the molecule is CCCCN1C(=O)CC(C(=O)N2CCc3sccc3C2)C1c1ccc(OC)cc1. The maximum Gasteiger partial charge on any atom is 0.228 e. The molecule has 1 fully saturated rings. The largest absolute Gasteiger partial charge is 0.497 e. The van der Waals surface area contributed by atoms with Crippen LogP contribution in [0.1, 0.15) is 48.2 Å². The Kier molecular flexibility index (Phi) is 5.90. The second-order valence-electron chi connectivity index (χ2n) is 7.85. The van der Waals surface area contributed by atoms with Crippen LogP contribution in [-0.4, -0.2) is 41.8 Å². The van der Waals surface area contributed by atoms with Crippen molar-refractivity contribution < 1.29 is 14.3 Å². The number of amides is 2. The lowest BCUT2D eigenvalue weighted by Crippen LogP contribution is -2.41. The maximum atomic E-state index is 13.5. The van der Waals surface area contributed by atoms with Gasteiger partial charge in [-0.2, -0.15) is 0 Å². The predicted octanol–water partition coefficient (Wildman–Crippen LogP) is 4.03. The van der Waals surface area contributed by atoms with Crippen LogP contribution in [0.15, 0.2) is 35.7 Å². The highest BCUT2D eigenvalue weighted by atomic mass is 32.1. The van der Waals surface area contributed by atoms with Crippen LogP contribution in [0, 0.1) is 5.92 Å². The molecule has 4 rings (SSSR count). The minimum Gasteiger partial charge on any atom is -0.497 e. The number of benzene rings is 1. The summed E-state index contributed by atoms with van der Waals surface area (Å²) in [5, 5.41) is 2.10. The van der Waals surface area contributed by atoms with E-state index < -0.39 is 0 Å². The van der Waals surface area contributed by atoms with E-state index in [0.717, 1.165) is 37.1 Å². The molecule has 2 aliphatic heterocycles. The number of unbranched alkanes of at least 4 members (excludes halogenated alkanes) is 1. The van der Waals surface area contributed by atoms with Crippen LogP contribution in [0.2, 0.25) is 0 Å². The molecule has 29 heavy (non-hydrogen) atoms. The van der Waals surface area contributed by atoms with E-state index in [1.165, 1.54) is 10.4 Å². The van der Waals surface area contributed by atoms with E-state index >= 15 is 0 Å². The lowest BCUT2D eigenvalue weighted by Gasteiger charge is -2.33. The standard InChI is InChI=1S/C23H28N2O3S/c1-3-4-11-25-21(26)14-19(22(25)16-5-7-18(28-2)8-6-16)23(27)24-12-9-20-17(15-24)10-13-29-20/h5-8,10,13,19,22H,3-4,9,11-12,14-15H2,1-2H3. The van der Waals surface area contributed by atoms with Crippen molar-refractivity contribution in [3.05, 3.63) is 51.7 Å². The fourth-order valence-electron chi connectivity index (χ4n) is 4.49. The van der Waals surface area contributed by atoms with Crippen LogP contribution in [0.4, 0.5) is 0 Å². The number of hydrogen-bond acceptors (Lipinski definition) is 4. The van der Waals surface area contributed by atoms with Crippen molar-refractivity contribution in [2.75, 3.05) is 20.2 Å². The van der Waals surface area contributed by atoms with Crippen molar-refractivity contribution in [2.45, 2.75) is 45.2 Å². The maximum absolute atomic E-state index is 13.5. The van der Waals surface area contributed by atoms with Gasteiger partial charge in [-0.05, 0) is 47.5 Å². The van der Waals surface area contributed by atoms with Gasteiger partial charge in [0.2, 0.25) is 11.8 Å². The predicted molar refractivity (Wildman–Crippen MR) is 114 cm³/mol. The van der Waals surface area contributed by atoms with Gasteiger partial charge in [0.1, 0.15) is 5.75 Å². The highest BCUT2D eigenvalue weighted by Gasteiger charge is 2.45. The molecule has 5 nitrogen and oxygen atoms in total. The number of hydrogen-bond donors (Lipinski definition) is 0.